The number of aliphatic hydroxyl groups excluding tert-OH is 1. The van der Waals surface area contributed by atoms with Crippen molar-refractivity contribution < 1.29 is 37.0 Å². The first kappa shape index (κ1) is 28.9. The van der Waals surface area contributed by atoms with Crippen molar-refractivity contribution in [2.75, 3.05) is 0 Å². The minimum Gasteiger partial charge on any atom is -0.466 e. The Hall–Kier alpha value is -3.58. The summed E-state index contributed by atoms with van der Waals surface area (Å²) in [5.74, 6) is -3.91. The fourth-order valence-electron chi connectivity index (χ4n) is 5.79. The molecule has 0 bridgehead atoms. The Bertz CT molecular complexity index is 1670. The van der Waals surface area contributed by atoms with E-state index in [0.29, 0.717) is 45.4 Å². The average molecular weight is 592 g/mol. The standard InChI is InChI=1S/C28H29F4N3O5Si/c1-4-21(36)14-7-20-24-15(9-35(20)26(38)16(14)10-40-27(39)41)23-18(34-25(37)12(3)28(30,31)32)6-5-13-11(2)17(29)8-19(33-24)22(13)23/h7-8,12,18,21,36H,4-6,9-10H2,1-3,41H3,(H,34,37)/t12-,18+,21-/m0/s1. The van der Waals surface area contributed by atoms with Gasteiger partial charge in [0.1, 0.15) is 28.6 Å². The molecular weight excluding hydrogens is 562 g/mol. The molecule has 3 aromatic rings. The number of carbonyl (C=O) groups is 2. The number of amides is 1. The Kier molecular flexibility index (Phi) is 7.31. The monoisotopic (exact) mass is 591 g/mol. The van der Waals surface area contributed by atoms with Crippen molar-refractivity contribution in [3.05, 3.63) is 61.7 Å². The Balaban J connectivity index is 1.74. The van der Waals surface area contributed by atoms with Crippen LogP contribution in [-0.4, -0.2) is 42.6 Å². The minimum atomic E-state index is -4.73. The van der Waals surface area contributed by atoms with Gasteiger partial charge in [-0.25, -0.2) is 9.37 Å². The highest BCUT2D eigenvalue weighted by Gasteiger charge is 2.43. The van der Waals surface area contributed by atoms with Gasteiger partial charge in [0.05, 0.1) is 41.2 Å². The van der Waals surface area contributed by atoms with E-state index < -0.39 is 47.1 Å². The summed E-state index contributed by atoms with van der Waals surface area (Å²) in [5.41, 5.74) is 2.41. The number of pyridine rings is 2. The Morgan fingerprint density at radius 2 is 2.00 bits per heavy atom. The molecule has 8 nitrogen and oxygen atoms in total. The lowest BCUT2D eigenvalue weighted by molar-refractivity contribution is -0.179. The molecule has 0 radical (unpaired) electrons. The molecule has 2 aromatic heterocycles. The van der Waals surface area contributed by atoms with Crippen LogP contribution in [0.3, 0.4) is 0 Å². The van der Waals surface area contributed by atoms with Crippen molar-refractivity contribution in [2.24, 2.45) is 5.92 Å². The van der Waals surface area contributed by atoms with Gasteiger partial charge >= 0.3 is 6.18 Å². The second-order valence-corrected chi connectivity index (χ2v) is 11.4. The van der Waals surface area contributed by atoms with E-state index in [4.69, 9.17) is 9.72 Å². The number of nitrogens with one attached hydrogen (secondary N) is 1. The average Bonchev–Trinajstić information content (AvgIpc) is 3.28. The third-order valence-corrected chi connectivity index (χ3v) is 8.42. The van der Waals surface area contributed by atoms with E-state index >= 15 is 0 Å². The quantitative estimate of drug-likeness (QED) is 0.262. The number of hydrogen-bond donors (Lipinski definition) is 2. The van der Waals surface area contributed by atoms with Gasteiger partial charge in [0.25, 0.3) is 11.2 Å². The van der Waals surface area contributed by atoms with Crippen molar-refractivity contribution >= 4 is 32.6 Å². The molecule has 3 heterocycles. The number of rotatable bonds is 6. The highest BCUT2D eigenvalue weighted by molar-refractivity contribution is 6.55. The number of ether oxygens (including phenoxy) is 1. The van der Waals surface area contributed by atoms with Gasteiger partial charge in [0, 0.05) is 17.0 Å². The molecule has 0 saturated heterocycles. The number of carbonyl (C=O) groups excluding carboxylic acids is 2. The first-order valence-electron chi connectivity index (χ1n) is 13.3. The predicted molar refractivity (Wildman–Crippen MR) is 145 cm³/mol. The molecule has 3 atom stereocenters. The van der Waals surface area contributed by atoms with Crippen LogP contribution in [-0.2, 0) is 29.1 Å². The molecule has 13 heteroatoms. The van der Waals surface area contributed by atoms with Crippen LogP contribution in [0.4, 0.5) is 22.4 Å². The zero-order valence-electron chi connectivity index (χ0n) is 22.9. The first-order valence-corrected chi connectivity index (χ1v) is 14.3. The lowest BCUT2D eigenvalue weighted by atomic mass is 9.81. The summed E-state index contributed by atoms with van der Waals surface area (Å²) in [5, 5.41) is 13.8. The van der Waals surface area contributed by atoms with Gasteiger partial charge in [-0.15, -0.1) is 0 Å². The number of benzene rings is 1. The van der Waals surface area contributed by atoms with Gasteiger partial charge in [-0.3, -0.25) is 14.4 Å². The van der Waals surface area contributed by atoms with Gasteiger partial charge in [0.15, 0.2) is 0 Å². The molecule has 0 fully saturated rings. The molecule has 1 amide bonds. The molecule has 1 aliphatic heterocycles. The van der Waals surface area contributed by atoms with Crippen molar-refractivity contribution in [1.29, 1.82) is 0 Å². The number of fused-ring (bicyclic) bond motifs is 4. The molecule has 2 aliphatic rings. The fourth-order valence-corrected chi connectivity index (χ4v) is 5.93. The van der Waals surface area contributed by atoms with Crippen LogP contribution in [0.2, 0.25) is 0 Å². The van der Waals surface area contributed by atoms with E-state index in [9.17, 15) is 37.1 Å². The van der Waals surface area contributed by atoms with Crippen LogP contribution in [0.25, 0.3) is 22.3 Å². The van der Waals surface area contributed by atoms with Gasteiger partial charge in [-0.05, 0) is 61.4 Å². The van der Waals surface area contributed by atoms with E-state index in [2.05, 4.69) is 5.32 Å². The van der Waals surface area contributed by atoms with Crippen LogP contribution in [0, 0.1) is 18.7 Å². The Morgan fingerprint density at radius 3 is 2.63 bits per heavy atom. The molecule has 0 saturated carbocycles. The summed E-state index contributed by atoms with van der Waals surface area (Å²) in [6.45, 7) is 3.80. The number of aliphatic hydroxyl groups is 1. The van der Waals surface area contributed by atoms with Crippen molar-refractivity contribution in [1.82, 2.24) is 14.9 Å². The molecule has 41 heavy (non-hydrogen) atoms. The molecule has 0 unspecified atom stereocenters. The smallest absolute Gasteiger partial charge is 0.400 e. The Labute approximate surface area is 235 Å². The van der Waals surface area contributed by atoms with E-state index in [1.807, 2.05) is 0 Å². The zero-order chi connectivity index (χ0) is 30.0. The maximum Gasteiger partial charge on any atom is 0.400 e. The largest absolute Gasteiger partial charge is 0.466 e. The SMILES string of the molecule is CC[C@H](O)c1cc2n(c(=O)c1COC(=O)[SiH3])Cc1c-2nc2cc(F)c(C)c3c2c1[C@H](NC(=O)[C@H](C)C(F)(F)F)CC3. The topological polar surface area (TPSA) is 111 Å². The summed E-state index contributed by atoms with van der Waals surface area (Å²) in [7, 11) is 0.116. The maximum atomic E-state index is 15.0. The minimum absolute atomic E-state index is 0.0108. The van der Waals surface area contributed by atoms with Crippen molar-refractivity contribution in [3.8, 4) is 11.4 Å². The molecule has 2 N–H and O–H groups in total. The summed E-state index contributed by atoms with van der Waals surface area (Å²) in [6.07, 6.45) is -4.96. The number of alkyl halides is 3. The van der Waals surface area contributed by atoms with Crippen LogP contribution >= 0.6 is 0 Å². The van der Waals surface area contributed by atoms with Gasteiger partial charge < -0.3 is 19.7 Å². The lowest BCUT2D eigenvalue weighted by Gasteiger charge is -2.30. The highest BCUT2D eigenvalue weighted by atomic mass is 28.1. The van der Waals surface area contributed by atoms with Crippen LogP contribution in [0.1, 0.15) is 72.2 Å². The van der Waals surface area contributed by atoms with Gasteiger partial charge in [-0.2, -0.15) is 13.2 Å². The van der Waals surface area contributed by atoms with Crippen molar-refractivity contribution in [2.45, 2.75) is 71.5 Å². The van der Waals surface area contributed by atoms with Crippen LogP contribution in [0.15, 0.2) is 16.9 Å². The number of aromatic nitrogens is 2. The third-order valence-electron chi connectivity index (χ3n) is 8.14. The molecule has 1 aliphatic carbocycles. The third kappa shape index (κ3) is 4.84. The summed E-state index contributed by atoms with van der Waals surface area (Å²) in [4.78, 5) is 42.7. The van der Waals surface area contributed by atoms with Gasteiger partial charge in [0.2, 0.25) is 5.91 Å². The highest BCUT2D eigenvalue weighted by Crippen LogP contribution is 2.45. The number of nitrogens with zero attached hydrogens (tertiary/aromatic N) is 2. The van der Waals surface area contributed by atoms with Crippen LogP contribution < -0.4 is 10.9 Å². The van der Waals surface area contributed by atoms with E-state index in [-0.39, 0.29) is 52.9 Å². The number of aryl methyl sites for hydroxylation is 1. The fraction of sp³-hybridized carbons (Fsp3) is 0.429. The maximum absolute atomic E-state index is 15.0. The number of halogens is 4. The molecule has 0 spiro atoms. The summed E-state index contributed by atoms with van der Waals surface area (Å²) >= 11 is 0. The molecular formula is C28H29F4N3O5Si. The summed E-state index contributed by atoms with van der Waals surface area (Å²) in [6, 6.07) is 2.01. The van der Waals surface area contributed by atoms with E-state index in [1.54, 1.807) is 19.9 Å². The Morgan fingerprint density at radius 1 is 1.29 bits per heavy atom. The second kappa shape index (κ2) is 10.4. The zero-order valence-corrected chi connectivity index (χ0v) is 24.9. The van der Waals surface area contributed by atoms with Gasteiger partial charge in [-0.1, -0.05) is 6.92 Å². The predicted octanol–water partition coefficient (Wildman–Crippen LogP) is 3.62. The first-order chi connectivity index (χ1) is 19.2. The van der Waals surface area contributed by atoms with Crippen molar-refractivity contribution in [3.63, 3.8) is 0 Å². The van der Waals surface area contributed by atoms with Crippen LogP contribution in [0.5, 0.6) is 0 Å². The molecule has 5 rings (SSSR count). The van der Waals surface area contributed by atoms with E-state index in [0.717, 1.165) is 6.92 Å². The summed E-state index contributed by atoms with van der Waals surface area (Å²) < 4.78 is 61.6. The van der Waals surface area contributed by atoms with E-state index in [1.165, 1.54) is 10.6 Å². The lowest BCUT2D eigenvalue weighted by Crippen LogP contribution is -2.40. The molecule has 1 aromatic carbocycles. The molecule has 218 valence electrons. The second-order valence-electron chi connectivity index (χ2n) is 10.6. The number of hydrogen-bond acceptors (Lipinski definition) is 6. The normalized spacial score (nSPS) is 17.2.